The van der Waals surface area contributed by atoms with Gasteiger partial charge in [-0.2, -0.15) is 13.2 Å². The van der Waals surface area contributed by atoms with Crippen LogP contribution >= 0.6 is 11.3 Å². The van der Waals surface area contributed by atoms with Gasteiger partial charge in [-0.25, -0.2) is 0 Å². The maximum Gasteiger partial charge on any atom is 0.416 e. The molecule has 1 aromatic heterocycles. The number of amides is 4. The highest BCUT2D eigenvalue weighted by Crippen LogP contribution is 2.34. The van der Waals surface area contributed by atoms with Crippen molar-refractivity contribution in [2.24, 2.45) is 0 Å². The highest BCUT2D eigenvalue weighted by Gasteiger charge is 2.39. The number of nitrogens with zero attached hydrogens (tertiary/aromatic N) is 1. The fourth-order valence-corrected chi connectivity index (χ4v) is 5.30. The Hall–Kier alpha value is -3.73. The number of alkyl halides is 3. The van der Waals surface area contributed by atoms with Crippen molar-refractivity contribution in [1.82, 2.24) is 15.5 Å². The Kier molecular flexibility index (Phi) is 5.59. The molecular weight excluding hydrogens is 483 g/mol. The number of carbonyl (C=O) groups excluding carboxylic acids is 4. The van der Waals surface area contributed by atoms with Crippen LogP contribution in [0, 0.1) is 0 Å². The molecule has 0 bridgehead atoms. The molecule has 0 aliphatic carbocycles. The van der Waals surface area contributed by atoms with E-state index in [1.165, 1.54) is 17.0 Å². The molecule has 4 amide bonds. The van der Waals surface area contributed by atoms with Crippen molar-refractivity contribution in [3.05, 3.63) is 69.6 Å². The summed E-state index contributed by atoms with van der Waals surface area (Å²) in [6.07, 6.45) is -4.02. The molecule has 2 N–H and O–H groups in total. The number of rotatable bonds is 4. The van der Waals surface area contributed by atoms with Gasteiger partial charge in [0, 0.05) is 29.8 Å². The number of fused-ring (bicyclic) bond motifs is 2. The number of halogens is 3. The Morgan fingerprint density at radius 3 is 2.66 bits per heavy atom. The molecule has 0 radical (unpaired) electrons. The van der Waals surface area contributed by atoms with Crippen LogP contribution in [0.1, 0.15) is 49.6 Å². The SMILES string of the molecule is O=C1CCC(N2Cc3cc(CNC(=O)c4cc5cc(C(F)(F)F)ccc5s4)ccc3C2=O)C(=O)N1. The Balaban J connectivity index is 1.26. The molecule has 3 heterocycles. The van der Waals surface area contributed by atoms with Gasteiger partial charge in [-0.15, -0.1) is 11.3 Å². The molecule has 7 nitrogen and oxygen atoms in total. The first-order valence-corrected chi connectivity index (χ1v) is 11.6. The second kappa shape index (κ2) is 8.49. The van der Waals surface area contributed by atoms with Crippen molar-refractivity contribution in [2.75, 3.05) is 0 Å². The van der Waals surface area contributed by atoms with Crippen molar-refractivity contribution in [1.29, 1.82) is 0 Å². The van der Waals surface area contributed by atoms with E-state index in [9.17, 15) is 32.3 Å². The summed E-state index contributed by atoms with van der Waals surface area (Å²) < 4.78 is 39.4. The smallest absolute Gasteiger partial charge is 0.347 e. The lowest BCUT2D eigenvalue weighted by Crippen LogP contribution is -2.52. The molecule has 3 aromatic rings. The summed E-state index contributed by atoms with van der Waals surface area (Å²) in [6.45, 7) is 0.376. The quantitative estimate of drug-likeness (QED) is 0.534. The third kappa shape index (κ3) is 4.39. The van der Waals surface area contributed by atoms with Gasteiger partial charge in [-0.1, -0.05) is 12.1 Å². The Labute approximate surface area is 200 Å². The van der Waals surface area contributed by atoms with Gasteiger partial charge in [0.25, 0.3) is 11.8 Å². The van der Waals surface area contributed by atoms with Gasteiger partial charge in [-0.05, 0) is 53.3 Å². The average molecular weight is 501 g/mol. The van der Waals surface area contributed by atoms with E-state index in [1.807, 2.05) is 0 Å². The Morgan fingerprint density at radius 1 is 1.11 bits per heavy atom. The van der Waals surface area contributed by atoms with Gasteiger partial charge in [-0.3, -0.25) is 24.5 Å². The molecular formula is C24H18F3N3O4S. The minimum Gasteiger partial charge on any atom is -0.347 e. The second-order valence-corrected chi connectivity index (χ2v) is 9.52. The lowest BCUT2D eigenvalue weighted by atomic mass is 10.0. The second-order valence-electron chi connectivity index (χ2n) is 8.44. The molecule has 2 aromatic carbocycles. The predicted octanol–water partition coefficient (Wildman–Crippen LogP) is 3.61. The van der Waals surface area contributed by atoms with Crippen LogP contribution in [0.15, 0.2) is 42.5 Å². The zero-order valence-electron chi connectivity index (χ0n) is 18.1. The van der Waals surface area contributed by atoms with Crippen LogP contribution in [0.2, 0.25) is 0 Å². The third-order valence-electron chi connectivity index (χ3n) is 6.11. The minimum absolute atomic E-state index is 0.154. The van der Waals surface area contributed by atoms with Crippen LogP contribution in [0.5, 0.6) is 0 Å². The molecule has 180 valence electrons. The van der Waals surface area contributed by atoms with Crippen LogP contribution in [0.25, 0.3) is 10.1 Å². The van der Waals surface area contributed by atoms with Crippen LogP contribution in [0.4, 0.5) is 13.2 Å². The average Bonchev–Trinajstić information content (AvgIpc) is 3.37. The summed E-state index contributed by atoms with van der Waals surface area (Å²) in [5, 5.41) is 5.37. The van der Waals surface area contributed by atoms with E-state index in [4.69, 9.17) is 0 Å². The van der Waals surface area contributed by atoms with E-state index in [2.05, 4.69) is 10.6 Å². The lowest BCUT2D eigenvalue weighted by molar-refractivity contribution is -0.138. The normalized spacial score (nSPS) is 18.1. The van der Waals surface area contributed by atoms with Crippen molar-refractivity contribution in [3.63, 3.8) is 0 Å². The number of carbonyl (C=O) groups is 4. The maximum atomic E-state index is 12.9. The topological polar surface area (TPSA) is 95.6 Å². The predicted molar refractivity (Wildman–Crippen MR) is 120 cm³/mol. The van der Waals surface area contributed by atoms with E-state index in [-0.39, 0.29) is 37.7 Å². The summed E-state index contributed by atoms with van der Waals surface area (Å²) in [4.78, 5) is 50.7. The molecule has 35 heavy (non-hydrogen) atoms. The molecule has 0 spiro atoms. The molecule has 0 saturated carbocycles. The Morgan fingerprint density at radius 2 is 1.91 bits per heavy atom. The van der Waals surface area contributed by atoms with Crippen molar-refractivity contribution < 1.29 is 32.3 Å². The zero-order valence-corrected chi connectivity index (χ0v) is 18.9. The van der Waals surface area contributed by atoms with Gasteiger partial charge in [0.15, 0.2) is 0 Å². The fourth-order valence-electron chi connectivity index (χ4n) is 4.34. The van der Waals surface area contributed by atoms with Crippen LogP contribution in [-0.4, -0.2) is 34.6 Å². The van der Waals surface area contributed by atoms with Crippen LogP contribution in [0.3, 0.4) is 0 Å². The standard InChI is InChI=1S/C24H18F3N3O4S/c25-24(26,27)15-2-5-18-13(8-15)9-19(35-18)22(33)28-10-12-1-3-16-14(7-12)11-30(23(16)34)17-4-6-20(31)29-21(17)32/h1-3,5,7-9,17H,4,6,10-11H2,(H,28,33)(H,29,31,32). The molecule has 11 heteroatoms. The number of benzene rings is 2. The first kappa shape index (κ1) is 23.0. The molecule has 1 fully saturated rings. The molecule has 1 atom stereocenters. The fraction of sp³-hybridized carbons (Fsp3) is 0.250. The van der Waals surface area contributed by atoms with Crippen molar-refractivity contribution in [3.8, 4) is 0 Å². The van der Waals surface area contributed by atoms with Crippen LogP contribution in [-0.2, 0) is 28.9 Å². The largest absolute Gasteiger partial charge is 0.416 e. The van der Waals surface area contributed by atoms with E-state index < -0.39 is 29.6 Å². The highest BCUT2D eigenvalue weighted by atomic mass is 32.1. The van der Waals surface area contributed by atoms with E-state index >= 15 is 0 Å². The molecule has 2 aliphatic heterocycles. The van der Waals surface area contributed by atoms with Gasteiger partial charge in [0.1, 0.15) is 6.04 Å². The third-order valence-corrected chi connectivity index (χ3v) is 7.22. The number of nitrogens with one attached hydrogen (secondary N) is 2. The number of thiophene rings is 1. The summed E-state index contributed by atoms with van der Waals surface area (Å²) in [5.74, 6) is -1.54. The summed E-state index contributed by atoms with van der Waals surface area (Å²) in [5.41, 5.74) is 1.15. The maximum absolute atomic E-state index is 12.9. The first-order valence-electron chi connectivity index (χ1n) is 10.8. The number of hydrogen-bond acceptors (Lipinski definition) is 5. The van der Waals surface area contributed by atoms with Gasteiger partial charge < -0.3 is 10.2 Å². The zero-order chi connectivity index (χ0) is 24.9. The van der Waals surface area contributed by atoms with Gasteiger partial charge in [0.2, 0.25) is 11.8 Å². The number of imide groups is 1. The van der Waals surface area contributed by atoms with Crippen molar-refractivity contribution >= 4 is 45.1 Å². The number of piperidine rings is 1. The van der Waals surface area contributed by atoms with E-state index in [0.29, 0.717) is 26.1 Å². The highest BCUT2D eigenvalue weighted by molar-refractivity contribution is 7.20. The minimum atomic E-state index is -4.46. The van der Waals surface area contributed by atoms with E-state index in [1.54, 1.807) is 18.2 Å². The Bertz CT molecular complexity index is 1400. The number of hydrogen-bond donors (Lipinski definition) is 2. The summed E-state index contributed by atoms with van der Waals surface area (Å²) in [7, 11) is 0. The summed E-state index contributed by atoms with van der Waals surface area (Å²) in [6, 6.07) is 9.21. The monoisotopic (exact) mass is 501 g/mol. The molecule has 1 saturated heterocycles. The summed E-state index contributed by atoms with van der Waals surface area (Å²) >= 11 is 1.10. The first-order chi connectivity index (χ1) is 16.6. The van der Waals surface area contributed by atoms with Crippen molar-refractivity contribution in [2.45, 2.75) is 38.1 Å². The molecule has 2 aliphatic rings. The lowest BCUT2D eigenvalue weighted by Gasteiger charge is -2.29. The molecule has 5 rings (SSSR count). The van der Waals surface area contributed by atoms with Crippen LogP contribution < -0.4 is 10.6 Å². The van der Waals surface area contributed by atoms with Gasteiger partial charge >= 0.3 is 6.18 Å². The van der Waals surface area contributed by atoms with E-state index in [0.717, 1.165) is 29.0 Å². The molecule has 1 unspecified atom stereocenters. The van der Waals surface area contributed by atoms with Gasteiger partial charge in [0.05, 0.1) is 10.4 Å².